The fraction of sp³-hybridized carbons (Fsp3) is 0.500. The van der Waals surface area contributed by atoms with Crippen molar-refractivity contribution in [3.8, 4) is 0 Å². The van der Waals surface area contributed by atoms with Crippen molar-refractivity contribution in [3.63, 3.8) is 0 Å². The van der Waals surface area contributed by atoms with Crippen LogP contribution in [-0.2, 0) is 0 Å². The Hall–Kier alpha value is -0.900. The molecule has 2 rings (SSSR count). The molecular formula is C12H19N3. The quantitative estimate of drug-likeness (QED) is 0.737. The fourth-order valence-corrected chi connectivity index (χ4v) is 2.21. The average molecular weight is 205 g/mol. The summed E-state index contributed by atoms with van der Waals surface area (Å²) in [6.45, 7) is 6.26. The molecule has 15 heavy (non-hydrogen) atoms. The third-order valence-electron chi connectivity index (χ3n) is 3.11. The molecule has 2 N–H and O–H groups in total. The van der Waals surface area contributed by atoms with Crippen molar-refractivity contribution < 1.29 is 0 Å². The molecule has 1 atom stereocenters. The molecule has 0 aliphatic carbocycles. The number of hydrogen-bond donors (Lipinski definition) is 1. The Morgan fingerprint density at radius 1 is 1.27 bits per heavy atom. The van der Waals surface area contributed by atoms with Gasteiger partial charge in [-0.15, -0.1) is 0 Å². The van der Waals surface area contributed by atoms with Crippen LogP contribution < -0.4 is 5.84 Å². The summed E-state index contributed by atoms with van der Waals surface area (Å²) in [7, 11) is 0. The van der Waals surface area contributed by atoms with Gasteiger partial charge in [0, 0.05) is 25.7 Å². The number of benzene rings is 1. The molecule has 0 bridgehead atoms. The van der Waals surface area contributed by atoms with Crippen LogP contribution in [0, 0.1) is 0 Å². The van der Waals surface area contributed by atoms with E-state index in [0.29, 0.717) is 6.04 Å². The van der Waals surface area contributed by atoms with E-state index >= 15 is 0 Å². The smallest absolute Gasteiger partial charge is 0.0489 e. The van der Waals surface area contributed by atoms with Crippen LogP contribution in [-0.4, -0.2) is 36.1 Å². The van der Waals surface area contributed by atoms with Gasteiger partial charge in [-0.25, -0.2) is 5.01 Å². The van der Waals surface area contributed by atoms with Crippen LogP contribution in [0.3, 0.4) is 0 Å². The van der Waals surface area contributed by atoms with E-state index in [1.807, 2.05) is 5.01 Å². The molecule has 0 radical (unpaired) electrons. The average Bonchev–Trinajstić information content (AvgIpc) is 2.30. The van der Waals surface area contributed by atoms with Crippen molar-refractivity contribution >= 4 is 0 Å². The van der Waals surface area contributed by atoms with E-state index in [2.05, 4.69) is 42.2 Å². The number of hydrogen-bond acceptors (Lipinski definition) is 3. The molecule has 1 aliphatic heterocycles. The molecule has 1 saturated heterocycles. The first-order valence-electron chi connectivity index (χ1n) is 5.60. The second kappa shape index (κ2) is 4.75. The number of likely N-dealkylation sites (N-methyl/N-ethyl adjacent to an activating group) is 1. The predicted molar refractivity (Wildman–Crippen MR) is 62.2 cm³/mol. The maximum Gasteiger partial charge on any atom is 0.0489 e. The van der Waals surface area contributed by atoms with Gasteiger partial charge in [0.15, 0.2) is 0 Å². The first-order chi connectivity index (χ1) is 7.31. The lowest BCUT2D eigenvalue weighted by atomic mass is 10.0. The molecule has 1 aromatic rings. The van der Waals surface area contributed by atoms with Gasteiger partial charge in [0.2, 0.25) is 0 Å². The Bertz CT molecular complexity index is 299. The van der Waals surface area contributed by atoms with E-state index in [0.717, 1.165) is 26.2 Å². The zero-order chi connectivity index (χ0) is 10.7. The molecule has 0 aromatic heterocycles. The normalized spacial score (nSPS) is 24.3. The molecule has 1 unspecified atom stereocenters. The number of nitrogens with two attached hydrogens (primary N) is 1. The summed E-state index contributed by atoms with van der Waals surface area (Å²) in [5.74, 6) is 5.89. The fourth-order valence-electron chi connectivity index (χ4n) is 2.21. The van der Waals surface area contributed by atoms with Gasteiger partial charge in [0.05, 0.1) is 0 Å². The van der Waals surface area contributed by atoms with Crippen molar-refractivity contribution in [2.24, 2.45) is 5.84 Å². The summed E-state index contributed by atoms with van der Waals surface area (Å²) >= 11 is 0. The van der Waals surface area contributed by atoms with E-state index in [4.69, 9.17) is 5.84 Å². The van der Waals surface area contributed by atoms with E-state index in [-0.39, 0.29) is 0 Å². The van der Waals surface area contributed by atoms with Crippen LogP contribution >= 0.6 is 0 Å². The first kappa shape index (κ1) is 10.6. The highest BCUT2D eigenvalue weighted by atomic mass is 15.4. The zero-order valence-electron chi connectivity index (χ0n) is 9.26. The topological polar surface area (TPSA) is 32.5 Å². The molecule has 3 nitrogen and oxygen atoms in total. The molecular weight excluding hydrogens is 186 g/mol. The van der Waals surface area contributed by atoms with E-state index < -0.39 is 0 Å². The van der Waals surface area contributed by atoms with Gasteiger partial charge in [-0.3, -0.25) is 10.7 Å². The van der Waals surface area contributed by atoms with Crippen LogP contribution in [0.1, 0.15) is 18.5 Å². The van der Waals surface area contributed by atoms with Gasteiger partial charge >= 0.3 is 0 Å². The van der Waals surface area contributed by atoms with Crippen molar-refractivity contribution in [1.82, 2.24) is 9.91 Å². The van der Waals surface area contributed by atoms with Gasteiger partial charge in [-0.05, 0) is 12.1 Å². The minimum atomic E-state index is 0.454. The third-order valence-corrected chi connectivity index (χ3v) is 3.11. The minimum absolute atomic E-state index is 0.454. The van der Waals surface area contributed by atoms with Gasteiger partial charge in [-0.2, -0.15) is 0 Å². The van der Waals surface area contributed by atoms with Crippen LogP contribution in [0.2, 0.25) is 0 Å². The minimum Gasteiger partial charge on any atom is -0.294 e. The van der Waals surface area contributed by atoms with E-state index in [1.54, 1.807) is 0 Å². The molecule has 0 amide bonds. The van der Waals surface area contributed by atoms with Crippen LogP contribution in [0.15, 0.2) is 30.3 Å². The maximum atomic E-state index is 5.89. The lowest BCUT2D eigenvalue weighted by Crippen LogP contribution is -2.50. The Kier molecular flexibility index (Phi) is 3.36. The summed E-state index contributed by atoms with van der Waals surface area (Å²) in [5.41, 5.74) is 1.37. The SMILES string of the molecule is CCN1CCN(N)CC1c1ccccc1. The summed E-state index contributed by atoms with van der Waals surface area (Å²) in [4.78, 5) is 2.48. The lowest BCUT2D eigenvalue weighted by molar-refractivity contribution is 0.0788. The van der Waals surface area contributed by atoms with Crippen molar-refractivity contribution in [3.05, 3.63) is 35.9 Å². The lowest BCUT2D eigenvalue weighted by Gasteiger charge is -2.39. The Morgan fingerprint density at radius 2 is 2.00 bits per heavy atom. The molecule has 3 heteroatoms. The third kappa shape index (κ3) is 2.37. The second-order valence-electron chi connectivity index (χ2n) is 4.05. The van der Waals surface area contributed by atoms with Crippen LogP contribution in [0.4, 0.5) is 0 Å². The van der Waals surface area contributed by atoms with Crippen molar-refractivity contribution in [2.75, 3.05) is 26.2 Å². The van der Waals surface area contributed by atoms with Crippen molar-refractivity contribution in [1.29, 1.82) is 0 Å². The molecule has 1 aliphatic rings. The van der Waals surface area contributed by atoms with Gasteiger partial charge in [-0.1, -0.05) is 37.3 Å². The number of piperazine rings is 1. The molecule has 1 heterocycles. The molecule has 1 aromatic carbocycles. The zero-order valence-corrected chi connectivity index (χ0v) is 9.26. The van der Waals surface area contributed by atoms with Crippen LogP contribution in [0.5, 0.6) is 0 Å². The van der Waals surface area contributed by atoms with Crippen LogP contribution in [0.25, 0.3) is 0 Å². The molecule has 0 saturated carbocycles. The highest BCUT2D eigenvalue weighted by molar-refractivity contribution is 5.20. The summed E-state index contributed by atoms with van der Waals surface area (Å²) in [5, 5.41) is 1.92. The molecule has 0 spiro atoms. The second-order valence-corrected chi connectivity index (χ2v) is 4.05. The largest absolute Gasteiger partial charge is 0.294 e. The summed E-state index contributed by atoms with van der Waals surface area (Å²) in [6.07, 6.45) is 0. The van der Waals surface area contributed by atoms with Crippen molar-refractivity contribution in [2.45, 2.75) is 13.0 Å². The van der Waals surface area contributed by atoms with Gasteiger partial charge in [0.25, 0.3) is 0 Å². The Morgan fingerprint density at radius 3 is 2.67 bits per heavy atom. The number of rotatable bonds is 2. The first-order valence-corrected chi connectivity index (χ1v) is 5.60. The van der Waals surface area contributed by atoms with Gasteiger partial charge < -0.3 is 0 Å². The van der Waals surface area contributed by atoms with Gasteiger partial charge in [0.1, 0.15) is 0 Å². The maximum absolute atomic E-state index is 5.89. The number of hydrazine groups is 1. The number of nitrogens with zero attached hydrogens (tertiary/aromatic N) is 2. The Balaban J connectivity index is 2.17. The predicted octanol–water partition coefficient (Wildman–Crippen LogP) is 1.24. The summed E-state index contributed by atoms with van der Waals surface area (Å²) < 4.78 is 0. The Labute approximate surface area is 91.4 Å². The van der Waals surface area contributed by atoms with E-state index in [9.17, 15) is 0 Å². The summed E-state index contributed by atoms with van der Waals surface area (Å²) in [6, 6.07) is 11.1. The monoisotopic (exact) mass is 205 g/mol. The highest BCUT2D eigenvalue weighted by Gasteiger charge is 2.25. The molecule has 1 fully saturated rings. The standard InChI is InChI=1S/C12H19N3/c1-2-14-8-9-15(13)10-12(14)11-6-4-3-5-7-11/h3-7,12H,2,8-10,13H2,1H3. The van der Waals surface area contributed by atoms with E-state index in [1.165, 1.54) is 5.56 Å². The molecule has 82 valence electrons. The highest BCUT2D eigenvalue weighted by Crippen LogP contribution is 2.23.